The van der Waals surface area contributed by atoms with Gasteiger partial charge in [-0.3, -0.25) is 10.1 Å². The average molecular weight is 502 g/mol. The first kappa shape index (κ1) is 23.6. The van der Waals surface area contributed by atoms with Gasteiger partial charge in [0, 0.05) is 45.5 Å². The number of hydrogen-bond donors (Lipinski definition) is 2. The Morgan fingerprint density at radius 2 is 1.75 bits per heavy atom. The van der Waals surface area contributed by atoms with Crippen LogP contribution in [0.15, 0.2) is 42.7 Å². The van der Waals surface area contributed by atoms with Crippen molar-refractivity contribution in [3.8, 4) is 22.5 Å². The largest absolute Gasteiger partial charge is 0.386 e. The third-order valence-corrected chi connectivity index (χ3v) is 8.16. The summed E-state index contributed by atoms with van der Waals surface area (Å²) in [5, 5.41) is 19.4. The van der Waals surface area contributed by atoms with Crippen LogP contribution in [-0.2, 0) is 18.4 Å². The Hall–Kier alpha value is -2.80. The Morgan fingerprint density at radius 1 is 0.972 bits per heavy atom. The molecule has 1 fully saturated rings. The second-order valence-electron chi connectivity index (χ2n) is 10.8. The first-order chi connectivity index (χ1) is 17.4. The summed E-state index contributed by atoms with van der Waals surface area (Å²) in [5.74, 6) is 0. The van der Waals surface area contributed by atoms with E-state index in [1.807, 2.05) is 24.4 Å². The Bertz CT molecular complexity index is 1420. The van der Waals surface area contributed by atoms with Crippen molar-refractivity contribution in [3.63, 3.8) is 0 Å². The van der Waals surface area contributed by atoms with Gasteiger partial charge in [-0.2, -0.15) is 5.10 Å². The molecule has 2 N–H and O–H groups in total. The summed E-state index contributed by atoms with van der Waals surface area (Å²) in [4.78, 5) is 12.2. The molecule has 1 saturated heterocycles. The summed E-state index contributed by atoms with van der Waals surface area (Å²) in [7, 11) is 0. The molecule has 3 aromatic heterocycles. The van der Waals surface area contributed by atoms with Crippen LogP contribution >= 0.6 is 11.6 Å². The number of nitrogens with one attached hydrogen (secondary N) is 1. The fourth-order valence-electron chi connectivity index (χ4n) is 5.82. The van der Waals surface area contributed by atoms with E-state index in [4.69, 9.17) is 16.6 Å². The number of aryl methyl sites for hydroxylation is 2. The zero-order valence-electron chi connectivity index (χ0n) is 20.9. The number of likely N-dealkylation sites (tertiary alicyclic amines) is 1. The third-order valence-electron chi connectivity index (χ3n) is 7.85. The molecule has 7 heteroatoms. The number of halogens is 1. The Morgan fingerprint density at radius 3 is 2.50 bits per heavy atom. The number of fused-ring (bicyclic) bond motifs is 2. The highest BCUT2D eigenvalue weighted by Gasteiger charge is 2.25. The average Bonchev–Trinajstić information content (AvgIpc) is 3.49. The fraction of sp³-hybridized carbons (Fsp3) is 0.414. The number of pyridine rings is 2. The quantitative estimate of drug-likeness (QED) is 0.340. The maximum Gasteiger partial charge on any atom is 0.155 e. The summed E-state index contributed by atoms with van der Waals surface area (Å²) in [6, 6.07) is 10.7. The van der Waals surface area contributed by atoms with E-state index in [0.717, 1.165) is 46.4 Å². The van der Waals surface area contributed by atoms with Crippen LogP contribution in [0.2, 0.25) is 5.02 Å². The van der Waals surface area contributed by atoms with E-state index in [-0.39, 0.29) is 0 Å². The van der Waals surface area contributed by atoms with Crippen molar-refractivity contribution >= 4 is 22.6 Å². The molecule has 1 aliphatic heterocycles. The number of aliphatic hydroxyl groups is 1. The van der Waals surface area contributed by atoms with E-state index < -0.39 is 5.60 Å². The van der Waals surface area contributed by atoms with Crippen molar-refractivity contribution < 1.29 is 5.11 Å². The lowest BCUT2D eigenvalue weighted by Crippen LogP contribution is -2.32. The second kappa shape index (κ2) is 9.25. The van der Waals surface area contributed by atoms with Crippen molar-refractivity contribution in [3.05, 3.63) is 64.4 Å². The lowest BCUT2D eigenvalue weighted by Gasteiger charge is -2.25. The third kappa shape index (κ3) is 4.42. The minimum Gasteiger partial charge on any atom is -0.386 e. The zero-order chi connectivity index (χ0) is 24.9. The van der Waals surface area contributed by atoms with Crippen molar-refractivity contribution in [1.82, 2.24) is 25.1 Å². The van der Waals surface area contributed by atoms with Gasteiger partial charge in [-0.05, 0) is 94.8 Å². The molecular formula is C29H32ClN5O. The molecule has 0 saturated carbocycles. The molecule has 1 unspecified atom stereocenters. The lowest BCUT2D eigenvalue weighted by atomic mass is 9.96. The number of benzene rings is 1. The van der Waals surface area contributed by atoms with Crippen LogP contribution in [0.25, 0.3) is 33.5 Å². The number of hydrogen-bond acceptors (Lipinski definition) is 5. The van der Waals surface area contributed by atoms with E-state index in [0.29, 0.717) is 16.6 Å². The first-order valence-corrected chi connectivity index (χ1v) is 13.3. The van der Waals surface area contributed by atoms with Crippen LogP contribution in [0.3, 0.4) is 0 Å². The van der Waals surface area contributed by atoms with Crippen LogP contribution in [-0.4, -0.2) is 49.3 Å². The maximum atomic E-state index is 10.4. The van der Waals surface area contributed by atoms with E-state index in [9.17, 15) is 5.11 Å². The summed E-state index contributed by atoms with van der Waals surface area (Å²) in [6.45, 7) is 5.98. The topological polar surface area (TPSA) is 77.9 Å². The molecule has 1 aromatic carbocycles. The summed E-state index contributed by atoms with van der Waals surface area (Å²) >= 11 is 6.52. The number of aromatic amines is 1. The molecule has 36 heavy (non-hydrogen) atoms. The fourth-order valence-corrected chi connectivity index (χ4v) is 6.24. The van der Waals surface area contributed by atoms with Gasteiger partial charge in [-0.15, -0.1) is 0 Å². The highest BCUT2D eigenvalue weighted by atomic mass is 35.5. The van der Waals surface area contributed by atoms with Crippen molar-refractivity contribution in [1.29, 1.82) is 0 Å². The molecule has 2 aliphatic rings. The zero-order valence-corrected chi connectivity index (χ0v) is 21.6. The molecule has 1 atom stereocenters. The molecule has 186 valence electrons. The van der Waals surface area contributed by atoms with Gasteiger partial charge in [0.1, 0.15) is 5.69 Å². The van der Waals surface area contributed by atoms with E-state index >= 15 is 0 Å². The van der Waals surface area contributed by atoms with E-state index in [1.165, 1.54) is 49.9 Å². The molecule has 6 rings (SSSR count). The van der Waals surface area contributed by atoms with Gasteiger partial charge in [0.05, 0.1) is 11.3 Å². The van der Waals surface area contributed by atoms with Crippen LogP contribution in [0, 0.1) is 0 Å². The molecule has 6 nitrogen and oxygen atoms in total. The van der Waals surface area contributed by atoms with Gasteiger partial charge in [0.2, 0.25) is 0 Å². The molecular weight excluding hydrogens is 470 g/mol. The van der Waals surface area contributed by atoms with E-state index in [2.05, 4.69) is 38.4 Å². The van der Waals surface area contributed by atoms with Crippen LogP contribution in [0.1, 0.15) is 56.2 Å². The monoisotopic (exact) mass is 501 g/mol. The number of aromatic nitrogens is 4. The van der Waals surface area contributed by atoms with Crippen molar-refractivity contribution in [2.75, 3.05) is 13.1 Å². The Labute approximate surface area is 216 Å². The number of rotatable bonds is 4. The highest BCUT2D eigenvalue weighted by molar-refractivity contribution is 6.31. The molecule has 0 radical (unpaired) electrons. The molecule has 4 heterocycles. The van der Waals surface area contributed by atoms with Gasteiger partial charge in [0.15, 0.2) is 5.65 Å². The van der Waals surface area contributed by atoms with Gasteiger partial charge < -0.3 is 10.0 Å². The van der Waals surface area contributed by atoms with Gasteiger partial charge in [-0.1, -0.05) is 23.7 Å². The van der Waals surface area contributed by atoms with Crippen molar-refractivity contribution in [2.45, 2.75) is 64.0 Å². The summed E-state index contributed by atoms with van der Waals surface area (Å²) in [5.41, 5.74) is 6.80. The van der Waals surface area contributed by atoms with Crippen molar-refractivity contribution in [2.24, 2.45) is 0 Å². The highest BCUT2D eigenvalue weighted by Crippen LogP contribution is 2.35. The maximum absolute atomic E-state index is 10.4. The van der Waals surface area contributed by atoms with Gasteiger partial charge in [0.25, 0.3) is 0 Å². The summed E-state index contributed by atoms with van der Waals surface area (Å²) < 4.78 is 0. The number of H-pyrrole nitrogens is 1. The molecule has 4 aromatic rings. The summed E-state index contributed by atoms with van der Waals surface area (Å²) in [6.07, 6.45) is 11.3. The van der Waals surface area contributed by atoms with Crippen LogP contribution < -0.4 is 0 Å². The molecule has 0 bridgehead atoms. The smallest absolute Gasteiger partial charge is 0.155 e. The van der Waals surface area contributed by atoms with Gasteiger partial charge in [-0.25, -0.2) is 4.98 Å². The SMILES string of the molecule is CC(C)(O)c1ccc(-c2n[nH]c3ncc(-c4cc5c(cn4)CCC(N4CCCC4)CC5)cc23)cc1Cl. The first-order valence-electron chi connectivity index (χ1n) is 13.0. The molecule has 0 amide bonds. The van der Waals surface area contributed by atoms with Crippen LogP contribution in [0.4, 0.5) is 0 Å². The Kier molecular flexibility index (Phi) is 6.06. The lowest BCUT2D eigenvalue weighted by molar-refractivity contribution is 0.0787. The second-order valence-corrected chi connectivity index (χ2v) is 11.2. The number of nitrogens with zero attached hydrogens (tertiary/aromatic N) is 4. The van der Waals surface area contributed by atoms with Gasteiger partial charge >= 0.3 is 0 Å². The van der Waals surface area contributed by atoms with E-state index in [1.54, 1.807) is 13.8 Å². The Balaban J connectivity index is 1.31. The predicted octanol–water partition coefficient (Wildman–Crippen LogP) is 5.91. The van der Waals surface area contributed by atoms with Crippen LogP contribution in [0.5, 0.6) is 0 Å². The predicted molar refractivity (Wildman–Crippen MR) is 144 cm³/mol. The molecule has 0 spiro atoms. The normalized spacial score (nSPS) is 18.9. The molecule has 1 aliphatic carbocycles. The minimum absolute atomic E-state index is 0.514. The minimum atomic E-state index is -1.01. The standard InChI is InChI=1S/C29H32ClN5O/c1-29(2,36)24-10-7-19(14-25(24)30)27-23-13-21(17-32-28(23)34-33-27)26-15-18-5-8-22(35-11-3-4-12-35)9-6-20(18)16-31-26/h7,10,13-17,22,36H,3-6,8-9,11-12H2,1-2H3,(H,32,33,34).